The van der Waals surface area contributed by atoms with E-state index in [9.17, 15) is 9.90 Å². The molecule has 0 fully saturated rings. The van der Waals surface area contributed by atoms with Gasteiger partial charge in [0.2, 0.25) is 0 Å². The van der Waals surface area contributed by atoms with Crippen molar-refractivity contribution in [2.45, 2.75) is 51.5 Å². The third-order valence-corrected chi connectivity index (χ3v) is 5.65. The number of rotatable bonds is 9. The van der Waals surface area contributed by atoms with Crippen LogP contribution in [-0.2, 0) is 9.53 Å². The van der Waals surface area contributed by atoms with Crippen molar-refractivity contribution in [2.24, 2.45) is 0 Å². The molecule has 178 valence electrons. The van der Waals surface area contributed by atoms with Gasteiger partial charge in [-0.05, 0) is 44.4 Å². The molecule has 1 N–H and O–H groups in total. The molecular formula is C30H35NO3. The number of nitrogens with zero attached hydrogens (tertiary/aromatic N) is 1. The highest BCUT2D eigenvalue weighted by Crippen LogP contribution is 2.34. The Kier molecular flexibility index (Phi) is 8.80. The second kappa shape index (κ2) is 11.8. The van der Waals surface area contributed by atoms with E-state index < -0.39 is 23.7 Å². The standard InChI is InChI=1S/C30H35NO3/c1-23(25-18-10-6-11-19-25)31(22-14-17-24-15-8-5-9-16-24)27(26-20-12-7-13-21-26)28(32)29(33)34-30(2,3)4/h5-21,23,27-28,32H,22H2,1-4H3/b17-14+. The molecule has 0 saturated carbocycles. The molecule has 0 aliphatic heterocycles. The highest BCUT2D eigenvalue weighted by Gasteiger charge is 2.37. The van der Waals surface area contributed by atoms with Gasteiger partial charge in [0.15, 0.2) is 6.10 Å². The fraction of sp³-hybridized carbons (Fsp3) is 0.300. The van der Waals surface area contributed by atoms with Gasteiger partial charge < -0.3 is 9.84 Å². The first kappa shape index (κ1) is 25.4. The summed E-state index contributed by atoms with van der Waals surface area (Å²) in [7, 11) is 0. The van der Waals surface area contributed by atoms with Gasteiger partial charge in [-0.2, -0.15) is 0 Å². The number of aliphatic hydroxyl groups is 1. The van der Waals surface area contributed by atoms with Crippen LogP contribution >= 0.6 is 0 Å². The zero-order valence-electron chi connectivity index (χ0n) is 20.5. The van der Waals surface area contributed by atoms with Crippen molar-refractivity contribution < 1.29 is 14.6 Å². The lowest BCUT2D eigenvalue weighted by Crippen LogP contribution is -2.44. The van der Waals surface area contributed by atoms with Crippen molar-refractivity contribution >= 4 is 12.0 Å². The molecule has 3 rings (SSSR count). The number of hydrogen-bond donors (Lipinski definition) is 1. The Morgan fingerprint density at radius 3 is 1.91 bits per heavy atom. The molecule has 3 aromatic carbocycles. The van der Waals surface area contributed by atoms with Gasteiger partial charge in [0, 0.05) is 12.6 Å². The van der Waals surface area contributed by atoms with E-state index >= 15 is 0 Å². The Morgan fingerprint density at radius 2 is 1.38 bits per heavy atom. The maximum absolute atomic E-state index is 13.0. The maximum atomic E-state index is 13.0. The Bertz CT molecular complexity index is 1040. The largest absolute Gasteiger partial charge is 0.458 e. The van der Waals surface area contributed by atoms with E-state index in [4.69, 9.17) is 4.74 Å². The fourth-order valence-corrected chi connectivity index (χ4v) is 4.01. The maximum Gasteiger partial charge on any atom is 0.337 e. The van der Waals surface area contributed by atoms with Crippen LogP contribution in [0.5, 0.6) is 0 Å². The average molecular weight is 458 g/mol. The molecule has 0 radical (unpaired) electrons. The molecule has 4 heteroatoms. The summed E-state index contributed by atoms with van der Waals surface area (Å²) in [6, 6.07) is 29.3. The fourth-order valence-electron chi connectivity index (χ4n) is 4.01. The SMILES string of the molecule is CC(c1ccccc1)N(C/C=C/c1ccccc1)C(c1ccccc1)C(O)C(=O)OC(C)(C)C. The van der Waals surface area contributed by atoms with E-state index in [2.05, 4.69) is 36.1 Å². The molecular weight excluding hydrogens is 422 g/mol. The van der Waals surface area contributed by atoms with Gasteiger partial charge in [-0.25, -0.2) is 4.79 Å². The van der Waals surface area contributed by atoms with Crippen LogP contribution in [0.25, 0.3) is 6.08 Å². The summed E-state index contributed by atoms with van der Waals surface area (Å²) in [6.07, 6.45) is 2.79. The molecule has 3 atom stereocenters. The van der Waals surface area contributed by atoms with Crippen LogP contribution in [-0.4, -0.2) is 34.2 Å². The van der Waals surface area contributed by atoms with E-state index in [1.165, 1.54) is 0 Å². The van der Waals surface area contributed by atoms with Crippen LogP contribution in [0.1, 0.15) is 56.5 Å². The molecule has 34 heavy (non-hydrogen) atoms. The third kappa shape index (κ3) is 7.14. The predicted octanol–water partition coefficient (Wildman–Crippen LogP) is 6.21. The monoisotopic (exact) mass is 457 g/mol. The van der Waals surface area contributed by atoms with Gasteiger partial charge in [0.25, 0.3) is 0 Å². The number of carbonyl (C=O) groups is 1. The summed E-state index contributed by atoms with van der Waals surface area (Å²) < 4.78 is 5.58. The zero-order chi connectivity index (χ0) is 24.6. The molecule has 4 nitrogen and oxygen atoms in total. The third-order valence-electron chi connectivity index (χ3n) is 5.65. The molecule has 0 amide bonds. The van der Waals surface area contributed by atoms with Crippen LogP contribution in [0.4, 0.5) is 0 Å². The van der Waals surface area contributed by atoms with Gasteiger partial charge in [-0.3, -0.25) is 4.90 Å². The second-order valence-corrected chi connectivity index (χ2v) is 9.43. The van der Waals surface area contributed by atoms with E-state index in [1.54, 1.807) is 0 Å². The molecule has 0 aromatic heterocycles. The van der Waals surface area contributed by atoms with Crippen LogP contribution in [0.3, 0.4) is 0 Å². The van der Waals surface area contributed by atoms with E-state index in [0.29, 0.717) is 6.54 Å². The van der Waals surface area contributed by atoms with Crippen LogP contribution in [0, 0.1) is 0 Å². The van der Waals surface area contributed by atoms with Crippen molar-refractivity contribution in [2.75, 3.05) is 6.54 Å². The first-order valence-corrected chi connectivity index (χ1v) is 11.7. The first-order chi connectivity index (χ1) is 16.3. The highest BCUT2D eigenvalue weighted by atomic mass is 16.6. The highest BCUT2D eigenvalue weighted by molar-refractivity contribution is 5.76. The first-order valence-electron chi connectivity index (χ1n) is 11.7. The number of benzene rings is 3. The van der Waals surface area contributed by atoms with Crippen LogP contribution in [0.15, 0.2) is 97.1 Å². The number of carbonyl (C=O) groups excluding carboxylic acids is 1. The molecule has 0 aliphatic carbocycles. The van der Waals surface area contributed by atoms with Crippen molar-refractivity contribution in [1.82, 2.24) is 4.90 Å². The molecule has 3 aromatic rings. The van der Waals surface area contributed by atoms with Gasteiger partial charge in [0.05, 0.1) is 6.04 Å². The minimum absolute atomic E-state index is 0.0658. The Hall–Kier alpha value is -3.21. The van der Waals surface area contributed by atoms with Crippen molar-refractivity contribution in [3.8, 4) is 0 Å². The summed E-state index contributed by atoms with van der Waals surface area (Å²) in [6.45, 7) is 8.06. The number of hydrogen-bond acceptors (Lipinski definition) is 4. The lowest BCUT2D eigenvalue weighted by atomic mass is 9.95. The Morgan fingerprint density at radius 1 is 0.882 bits per heavy atom. The smallest absolute Gasteiger partial charge is 0.337 e. The van der Waals surface area contributed by atoms with Crippen molar-refractivity contribution in [3.05, 3.63) is 114 Å². The van der Waals surface area contributed by atoms with Gasteiger partial charge in [-0.1, -0.05) is 103 Å². The molecule has 0 saturated heterocycles. The Balaban J connectivity index is 2.01. The topological polar surface area (TPSA) is 49.8 Å². The van der Waals surface area contributed by atoms with E-state index in [-0.39, 0.29) is 6.04 Å². The number of ether oxygens (including phenoxy) is 1. The Labute approximate surface area is 203 Å². The zero-order valence-corrected chi connectivity index (χ0v) is 20.5. The number of esters is 1. The minimum Gasteiger partial charge on any atom is -0.458 e. The van der Waals surface area contributed by atoms with Gasteiger partial charge >= 0.3 is 5.97 Å². The summed E-state index contributed by atoms with van der Waals surface area (Å²) in [5, 5.41) is 11.3. The molecule has 3 unspecified atom stereocenters. The predicted molar refractivity (Wildman–Crippen MR) is 138 cm³/mol. The quantitative estimate of drug-likeness (QED) is 0.388. The summed E-state index contributed by atoms with van der Waals surface area (Å²) >= 11 is 0. The lowest BCUT2D eigenvalue weighted by molar-refractivity contribution is -0.169. The van der Waals surface area contributed by atoms with Crippen molar-refractivity contribution in [1.29, 1.82) is 0 Å². The van der Waals surface area contributed by atoms with E-state index in [1.807, 2.05) is 99.6 Å². The van der Waals surface area contributed by atoms with Crippen molar-refractivity contribution in [3.63, 3.8) is 0 Å². The second-order valence-electron chi connectivity index (χ2n) is 9.43. The van der Waals surface area contributed by atoms with Gasteiger partial charge in [-0.15, -0.1) is 0 Å². The van der Waals surface area contributed by atoms with Gasteiger partial charge in [0.1, 0.15) is 5.60 Å². The minimum atomic E-state index is -1.35. The van der Waals surface area contributed by atoms with Crippen LogP contribution < -0.4 is 0 Å². The molecule has 0 heterocycles. The normalized spacial score (nSPS) is 14.6. The molecule has 0 spiro atoms. The summed E-state index contributed by atoms with van der Waals surface area (Å²) in [4.78, 5) is 15.2. The molecule has 0 aliphatic rings. The summed E-state index contributed by atoms with van der Waals surface area (Å²) in [5.41, 5.74) is 2.37. The van der Waals surface area contributed by atoms with E-state index in [0.717, 1.165) is 16.7 Å². The van der Waals surface area contributed by atoms with Crippen LogP contribution in [0.2, 0.25) is 0 Å². The number of aliphatic hydroxyl groups excluding tert-OH is 1. The molecule has 0 bridgehead atoms. The summed E-state index contributed by atoms with van der Waals surface area (Å²) in [5.74, 6) is -0.626. The lowest BCUT2D eigenvalue weighted by Gasteiger charge is -2.38. The average Bonchev–Trinajstić information content (AvgIpc) is 2.83.